The summed E-state index contributed by atoms with van der Waals surface area (Å²) in [6.07, 6.45) is -0.159. The number of benzene rings is 1. The Morgan fingerprint density at radius 1 is 1.21 bits per heavy atom. The van der Waals surface area contributed by atoms with Gasteiger partial charge in [0.05, 0.1) is 12.5 Å². The molecule has 0 radical (unpaired) electrons. The second-order valence-electron chi connectivity index (χ2n) is 6.28. The molecule has 7 nitrogen and oxygen atoms in total. The lowest BCUT2D eigenvalue weighted by molar-refractivity contribution is -0.149. The average molecular weight is 356 g/mol. The van der Waals surface area contributed by atoms with Gasteiger partial charge in [-0.15, -0.1) is 0 Å². The SMILES string of the molecule is CC(C)(C)NC(=O)COC(=O)C[C@H](NC(N)=O)c1ccc(Cl)cc1. The number of halogens is 1. The molecule has 0 spiro atoms. The molecule has 0 unspecified atom stereocenters. The van der Waals surface area contributed by atoms with Crippen LogP contribution in [0.4, 0.5) is 4.79 Å². The maximum absolute atomic E-state index is 11.9. The van der Waals surface area contributed by atoms with Gasteiger partial charge in [-0.1, -0.05) is 23.7 Å². The highest BCUT2D eigenvalue weighted by Gasteiger charge is 2.20. The fourth-order valence-electron chi connectivity index (χ4n) is 1.95. The number of nitrogens with two attached hydrogens (primary N) is 1. The van der Waals surface area contributed by atoms with Gasteiger partial charge in [-0.25, -0.2) is 4.79 Å². The van der Waals surface area contributed by atoms with Crippen molar-refractivity contribution in [1.82, 2.24) is 10.6 Å². The van der Waals surface area contributed by atoms with Gasteiger partial charge < -0.3 is 21.1 Å². The molecule has 0 aliphatic heterocycles. The van der Waals surface area contributed by atoms with E-state index in [-0.39, 0.29) is 13.0 Å². The predicted octanol–water partition coefficient (Wildman–Crippen LogP) is 1.90. The van der Waals surface area contributed by atoms with Crippen LogP contribution in [0.15, 0.2) is 24.3 Å². The van der Waals surface area contributed by atoms with E-state index in [9.17, 15) is 14.4 Å². The maximum atomic E-state index is 11.9. The fourth-order valence-corrected chi connectivity index (χ4v) is 2.07. The smallest absolute Gasteiger partial charge is 0.312 e. The van der Waals surface area contributed by atoms with Crippen molar-refractivity contribution in [3.8, 4) is 0 Å². The van der Waals surface area contributed by atoms with Crippen LogP contribution in [0.25, 0.3) is 0 Å². The first-order valence-electron chi connectivity index (χ1n) is 7.35. The first-order chi connectivity index (χ1) is 11.1. The van der Waals surface area contributed by atoms with Crippen molar-refractivity contribution in [3.05, 3.63) is 34.9 Å². The van der Waals surface area contributed by atoms with Crippen molar-refractivity contribution in [2.24, 2.45) is 5.73 Å². The topological polar surface area (TPSA) is 111 Å². The molecule has 0 bridgehead atoms. The summed E-state index contributed by atoms with van der Waals surface area (Å²) >= 11 is 5.82. The molecule has 0 saturated heterocycles. The highest BCUT2D eigenvalue weighted by molar-refractivity contribution is 6.30. The molecule has 0 heterocycles. The van der Waals surface area contributed by atoms with Gasteiger partial charge in [0.25, 0.3) is 5.91 Å². The molecule has 0 saturated carbocycles. The zero-order chi connectivity index (χ0) is 18.3. The minimum Gasteiger partial charge on any atom is -0.456 e. The van der Waals surface area contributed by atoms with Crippen molar-refractivity contribution in [2.75, 3.05) is 6.61 Å². The number of carbonyl (C=O) groups excluding carboxylic acids is 3. The highest BCUT2D eigenvalue weighted by atomic mass is 35.5. The van der Waals surface area contributed by atoms with Gasteiger partial charge in [-0.3, -0.25) is 9.59 Å². The standard InChI is InChI=1S/C16H22ClN3O4/c1-16(2,3)20-13(21)9-24-14(22)8-12(19-15(18)23)10-4-6-11(17)7-5-10/h4-7,12H,8-9H2,1-3H3,(H,20,21)(H3,18,19,23)/t12-/m0/s1. The molecule has 4 N–H and O–H groups in total. The largest absolute Gasteiger partial charge is 0.456 e. The number of hydrogen-bond donors (Lipinski definition) is 3. The lowest BCUT2D eigenvalue weighted by Gasteiger charge is -2.21. The maximum Gasteiger partial charge on any atom is 0.312 e. The highest BCUT2D eigenvalue weighted by Crippen LogP contribution is 2.20. The van der Waals surface area contributed by atoms with Crippen LogP contribution in [0, 0.1) is 0 Å². The van der Waals surface area contributed by atoms with Crippen molar-refractivity contribution in [3.63, 3.8) is 0 Å². The third kappa shape index (κ3) is 7.82. The van der Waals surface area contributed by atoms with Crippen LogP contribution in [0.2, 0.25) is 5.02 Å². The van der Waals surface area contributed by atoms with Crippen molar-refractivity contribution in [1.29, 1.82) is 0 Å². The number of primary amides is 1. The number of amides is 3. The summed E-state index contributed by atoms with van der Waals surface area (Å²) < 4.78 is 4.94. The summed E-state index contributed by atoms with van der Waals surface area (Å²) in [5.41, 5.74) is 5.37. The van der Waals surface area contributed by atoms with E-state index in [4.69, 9.17) is 22.1 Å². The van der Waals surface area contributed by atoms with Crippen LogP contribution in [-0.2, 0) is 14.3 Å². The van der Waals surface area contributed by atoms with Crippen molar-refractivity contribution >= 4 is 29.5 Å². The van der Waals surface area contributed by atoms with Gasteiger partial charge in [0.1, 0.15) is 0 Å². The van der Waals surface area contributed by atoms with Crippen LogP contribution >= 0.6 is 11.6 Å². The zero-order valence-electron chi connectivity index (χ0n) is 13.9. The molecule has 1 atom stereocenters. The van der Waals surface area contributed by atoms with E-state index in [2.05, 4.69) is 10.6 Å². The summed E-state index contributed by atoms with van der Waals surface area (Å²) in [6.45, 7) is 5.07. The van der Waals surface area contributed by atoms with E-state index in [1.807, 2.05) is 20.8 Å². The molecule has 132 valence electrons. The van der Waals surface area contributed by atoms with E-state index < -0.39 is 29.5 Å². The molecule has 24 heavy (non-hydrogen) atoms. The molecule has 1 aromatic carbocycles. The number of carbonyl (C=O) groups is 3. The number of rotatable bonds is 6. The normalized spacial score (nSPS) is 12.2. The molecule has 0 aliphatic carbocycles. The quantitative estimate of drug-likeness (QED) is 0.677. The van der Waals surface area contributed by atoms with E-state index in [1.54, 1.807) is 24.3 Å². The van der Waals surface area contributed by atoms with Crippen molar-refractivity contribution < 1.29 is 19.1 Å². The summed E-state index contributed by atoms with van der Waals surface area (Å²) in [7, 11) is 0. The zero-order valence-corrected chi connectivity index (χ0v) is 14.6. The van der Waals surface area contributed by atoms with Gasteiger partial charge >= 0.3 is 12.0 Å². The number of ether oxygens (including phenoxy) is 1. The minimum atomic E-state index is -0.770. The summed E-state index contributed by atoms with van der Waals surface area (Å²) in [5, 5.41) is 5.67. The Hall–Kier alpha value is -2.28. The van der Waals surface area contributed by atoms with Gasteiger partial charge in [0, 0.05) is 10.6 Å². The van der Waals surface area contributed by atoms with E-state index in [0.717, 1.165) is 0 Å². The van der Waals surface area contributed by atoms with E-state index in [0.29, 0.717) is 10.6 Å². The average Bonchev–Trinajstić information content (AvgIpc) is 2.43. The van der Waals surface area contributed by atoms with Crippen LogP contribution in [-0.4, -0.2) is 30.1 Å². The van der Waals surface area contributed by atoms with Crippen molar-refractivity contribution in [2.45, 2.75) is 38.8 Å². The minimum absolute atomic E-state index is 0.159. The Morgan fingerprint density at radius 2 is 1.79 bits per heavy atom. The number of hydrogen-bond acceptors (Lipinski definition) is 4. The summed E-state index contributed by atoms with van der Waals surface area (Å²) in [6, 6.07) is 5.17. The van der Waals surface area contributed by atoms with E-state index in [1.165, 1.54) is 0 Å². The van der Waals surface area contributed by atoms with Crippen LogP contribution in [0.3, 0.4) is 0 Å². The van der Waals surface area contributed by atoms with Gasteiger partial charge in [-0.2, -0.15) is 0 Å². The third-order valence-electron chi connectivity index (χ3n) is 2.84. The molecule has 8 heteroatoms. The van der Waals surface area contributed by atoms with Gasteiger partial charge in [0.15, 0.2) is 6.61 Å². The van der Waals surface area contributed by atoms with Crippen LogP contribution < -0.4 is 16.4 Å². The molecule has 3 amide bonds. The molecular formula is C16H22ClN3O4. The monoisotopic (exact) mass is 355 g/mol. The Kier molecular flexibility index (Phi) is 7.03. The predicted molar refractivity (Wildman–Crippen MR) is 90.4 cm³/mol. The fraction of sp³-hybridized carbons (Fsp3) is 0.438. The second-order valence-corrected chi connectivity index (χ2v) is 6.71. The number of esters is 1. The Labute approximate surface area is 145 Å². The van der Waals surface area contributed by atoms with Gasteiger partial charge in [0.2, 0.25) is 0 Å². The van der Waals surface area contributed by atoms with Gasteiger partial charge in [-0.05, 0) is 38.5 Å². The first kappa shape index (κ1) is 19.8. The summed E-state index contributed by atoms with van der Waals surface area (Å²) in [5.74, 6) is -1.03. The molecule has 0 aliphatic rings. The Bertz CT molecular complexity index is 596. The lowest BCUT2D eigenvalue weighted by Crippen LogP contribution is -2.43. The van der Waals surface area contributed by atoms with Crippen LogP contribution in [0.5, 0.6) is 0 Å². The second kappa shape index (κ2) is 8.54. The first-order valence-corrected chi connectivity index (χ1v) is 7.72. The Morgan fingerprint density at radius 3 is 2.29 bits per heavy atom. The van der Waals surface area contributed by atoms with Crippen LogP contribution in [0.1, 0.15) is 38.8 Å². The number of nitrogens with one attached hydrogen (secondary N) is 2. The molecule has 1 rings (SSSR count). The molecule has 0 fully saturated rings. The van der Waals surface area contributed by atoms with E-state index >= 15 is 0 Å². The lowest BCUT2D eigenvalue weighted by atomic mass is 10.0. The third-order valence-corrected chi connectivity index (χ3v) is 3.09. The number of urea groups is 1. The summed E-state index contributed by atoms with van der Waals surface area (Å²) in [4.78, 5) is 34.7. The Balaban J connectivity index is 2.63. The molecular weight excluding hydrogens is 334 g/mol. The molecule has 0 aromatic heterocycles. The molecule has 1 aromatic rings.